The van der Waals surface area contributed by atoms with Gasteiger partial charge in [-0.05, 0) is 42.3 Å². The average molecular weight is 267 g/mol. The van der Waals surface area contributed by atoms with E-state index in [0.717, 1.165) is 11.3 Å². The van der Waals surface area contributed by atoms with Crippen molar-refractivity contribution in [3.05, 3.63) is 59.7 Å². The first-order valence-electron chi connectivity index (χ1n) is 6.60. The monoisotopic (exact) mass is 267 g/mol. The zero-order chi connectivity index (χ0) is 14.1. The molecule has 0 aliphatic carbocycles. The van der Waals surface area contributed by atoms with Gasteiger partial charge in [-0.15, -0.1) is 0 Å². The van der Waals surface area contributed by atoms with E-state index < -0.39 is 0 Å². The second kappa shape index (κ2) is 4.89. The summed E-state index contributed by atoms with van der Waals surface area (Å²) in [5, 5.41) is 9.40. The van der Waals surface area contributed by atoms with E-state index in [1.54, 1.807) is 12.1 Å². The van der Waals surface area contributed by atoms with Gasteiger partial charge in [-0.3, -0.25) is 4.99 Å². The lowest BCUT2D eigenvalue weighted by molar-refractivity contribution is 0.475. The number of anilines is 1. The van der Waals surface area contributed by atoms with Crippen molar-refractivity contribution in [1.29, 1.82) is 0 Å². The normalized spacial score (nSPS) is 18.1. The van der Waals surface area contributed by atoms with E-state index >= 15 is 0 Å². The van der Waals surface area contributed by atoms with Crippen LogP contribution in [0.25, 0.3) is 0 Å². The molecular weight excluding hydrogens is 250 g/mol. The van der Waals surface area contributed by atoms with Crippen molar-refractivity contribution in [2.24, 2.45) is 10.7 Å². The number of phenols is 1. The molecule has 0 amide bonds. The van der Waals surface area contributed by atoms with Crippen molar-refractivity contribution < 1.29 is 5.11 Å². The minimum absolute atomic E-state index is 0.0809. The molecule has 20 heavy (non-hydrogen) atoms. The Hall–Kier alpha value is -2.49. The molecule has 0 saturated heterocycles. The maximum atomic E-state index is 9.40. The molecule has 0 bridgehead atoms. The van der Waals surface area contributed by atoms with Crippen LogP contribution in [0.3, 0.4) is 0 Å². The smallest absolute Gasteiger partial charge is 0.196 e. The van der Waals surface area contributed by atoms with Crippen molar-refractivity contribution in [2.45, 2.75) is 13.0 Å². The average Bonchev–Trinajstić information content (AvgIpc) is 2.81. The molecule has 0 saturated carbocycles. The van der Waals surface area contributed by atoms with Gasteiger partial charge in [0.15, 0.2) is 5.96 Å². The number of aryl methyl sites for hydroxylation is 1. The van der Waals surface area contributed by atoms with Gasteiger partial charge in [0.05, 0.1) is 12.6 Å². The number of nitrogens with zero attached hydrogens (tertiary/aromatic N) is 2. The quantitative estimate of drug-likeness (QED) is 0.879. The summed E-state index contributed by atoms with van der Waals surface area (Å²) in [6, 6.07) is 15.5. The Morgan fingerprint density at radius 2 is 1.95 bits per heavy atom. The molecule has 3 rings (SSSR count). The molecule has 0 fully saturated rings. The van der Waals surface area contributed by atoms with Gasteiger partial charge in [0, 0.05) is 5.69 Å². The highest BCUT2D eigenvalue weighted by molar-refractivity contribution is 5.97. The Labute approximate surface area is 118 Å². The highest BCUT2D eigenvalue weighted by Gasteiger charge is 2.28. The number of guanidine groups is 1. The highest BCUT2D eigenvalue weighted by atomic mass is 16.3. The number of aliphatic imine (C=N–C) groups is 1. The van der Waals surface area contributed by atoms with E-state index in [0.29, 0.717) is 12.5 Å². The predicted molar refractivity (Wildman–Crippen MR) is 81.0 cm³/mol. The van der Waals surface area contributed by atoms with E-state index in [1.807, 2.05) is 29.2 Å². The Balaban J connectivity index is 1.98. The molecule has 1 aliphatic rings. The topological polar surface area (TPSA) is 61.8 Å². The zero-order valence-corrected chi connectivity index (χ0v) is 11.3. The standard InChI is InChI=1S/C16H17N3O/c1-11-3-2-4-13(9-11)19-15(10-18-16(19)17)12-5-7-14(20)8-6-12/h2-9,15,20H,10H2,1H3,(H2,17,18). The van der Waals surface area contributed by atoms with E-state index in [4.69, 9.17) is 5.73 Å². The van der Waals surface area contributed by atoms with Crippen LogP contribution in [-0.4, -0.2) is 17.6 Å². The molecule has 4 nitrogen and oxygen atoms in total. The summed E-state index contributed by atoms with van der Waals surface area (Å²) in [6.45, 7) is 2.69. The molecule has 1 unspecified atom stereocenters. The lowest BCUT2D eigenvalue weighted by atomic mass is 10.1. The summed E-state index contributed by atoms with van der Waals surface area (Å²) < 4.78 is 0. The van der Waals surface area contributed by atoms with Crippen molar-refractivity contribution in [3.63, 3.8) is 0 Å². The SMILES string of the molecule is Cc1cccc(N2C(N)=NCC2c2ccc(O)cc2)c1. The second-order valence-electron chi connectivity index (χ2n) is 5.02. The van der Waals surface area contributed by atoms with Crippen LogP contribution in [0.5, 0.6) is 5.75 Å². The van der Waals surface area contributed by atoms with Crippen LogP contribution in [0.4, 0.5) is 5.69 Å². The van der Waals surface area contributed by atoms with E-state index in [9.17, 15) is 5.11 Å². The van der Waals surface area contributed by atoms with Gasteiger partial charge in [-0.1, -0.05) is 24.3 Å². The van der Waals surface area contributed by atoms with Gasteiger partial charge in [-0.25, -0.2) is 0 Å². The molecule has 1 heterocycles. The summed E-state index contributed by atoms with van der Waals surface area (Å²) in [5.74, 6) is 0.802. The van der Waals surface area contributed by atoms with Crippen LogP contribution < -0.4 is 10.6 Å². The highest BCUT2D eigenvalue weighted by Crippen LogP contribution is 2.32. The van der Waals surface area contributed by atoms with Gasteiger partial charge in [0.1, 0.15) is 5.75 Å². The van der Waals surface area contributed by atoms with Crippen molar-refractivity contribution in [2.75, 3.05) is 11.4 Å². The fourth-order valence-electron chi connectivity index (χ4n) is 2.54. The van der Waals surface area contributed by atoms with Gasteiger partial charge in [0.2, 0.25) is 0 Å². The molecule has 1 aliphatic heterocycles. The second-order valence-corrected chi connectivity index (χ2v) is 5.02. The predicted octanol–water partition coefficient (Wildman–Crippen LogP) is 2.58. The summed E-state index contributed by atoms with van der Waals surface area (Å²) in [5.41, 5.74) is 9.37. The van der Waals surface area contributed by atoms with Crippen LogP contribution in [0.15, 0.2) is 53.5 Å². The van der Waals surface area contributed by atoms with Gasteiger partial charge in [0.25, 0.3) is 0 Å². The number of rotatable bonds is 2. The molecule has 3 N–H and O–H groups in total. The number of nitrogens with two attached hydrogens (primary N) is 1. The van der Waals surface area contributed by atoms with Crippen LogP contribution in [0, 0.1) is 6.92 Å². The summed E-state index contributed by atoms with van der Waals surface area (Å²) >= 11 is 0. The zero-order valence-electron chi connectivity index (χ0n) is 11.3. The maximum absolute atomic E-state index is 9.40. The number of hydrogen-bond acceptors (Lipinski definition) is 4. The Kier molecular flexibility index (Phi) is 3.06. The maximum Gasteiger partial charge on any atom is 0.196 e. The number of phenolic OH excluding ortho intramolecular Hbond substituents is 1. The fourth-order valence-corrected chi connectivity index (χ4v) is 2.54. The van der Waals surface area contributed by atoms with Gasteiger partial charge >= 0.3 is 0 Å². The number of aromatic hydroxyl groups is 1. The number of hydrogen-bond donors (Lipinski definition) is 2. The van der Waals surface area contributed by atoms with E-state index in [1.165, 1.54) is 5.56 Å². The fraction of sp³-hybridized carbons (Fsp3) is 0.188. The lowest BCUT2D eigenvalue weighted by Gasteiger charge is -2.27. The third-order valence-corrected chi connectivity index (χ3v) is 3.54. The van der Waals surface area contributed by atoms with Crippen molar-refractivity contribution in [1.82, 2.24) is 0 Å². The Bertz CT molecular complexity index is 649. The first-order chi connectivity index (χ1) is 9.65. The van der Waals surface area contributed by atoms with Crippen LogP contribution >= 0.6 is 0 Å². The molecule has 0 spiro atoms. The molecule has 2 aromatic rings. The Morgan fingerprint density at radius 1 is 1.20 bits per heavy atom. The van der Waals surface area contributed by atoms with Crippen molar-refractivity contribution >= 4 is 11.6 Å². The first kappa shape index (κ1) is 12.5. The third-order valence-electron chi connectivity index (χ3n) is 3.54. The largest absolute Gasteiger partial charge is 0.508 e. The van der Waals surface area contributed by atoms with Crippen LogP contribution in [0.2, 0.25) is 0 Å². The van der Waals surface area contributed by atoms with E-state index in [-0.39, 0.29) is 11.8 Å². The minimum Gasteiger partial charge on any atom is -0.508 e. The third kappa shape index (κ3) is 2.20. The van der Waals surface area contributed by atoms with Gasteiger partial charge < -0.3 is 15.7 Å². The molecule has 4 heteroatoms. The van der Waals surface area contributed by atoms with Gasteiger partial charge in [-0.2, -0.15) is 0 Å². The Morgan fingerprint density at radius 3 is 2.65 bits per heavy atom. The lowest BCUT2D eigenvalue weighted by Crippen LogP contribution is -2.36. The van der Waals surface area contributed by atoms with Crippen LogP contribution in [0.1, 0.15) is 17.2 Å². The molecule has 102 valence electrons. The summed E-state index contributed by atoms with van der Waals surface area (Å²) in [7, 11) is 0. The first-order valence-corrected chi connectivity index (χ1v) is 6.60. The molecular formula is C16H17N3O. The molecule has 0 aromatic heterocycles. The van der Waals surface area contributed by atoms with Crippen LogP contribution in [-0.2, 0) is 0 Å². The summed E-state index contributed by atoms with van der Waals surface area (Å²) in [6.07, 6.45) is 0. The molecule has 1 atom stereocenters. The van der Waals surface area contributed by atoms with E-state index in [2.05, 4.69) is 24.0 Å². The molecule has 2 aromatic carbocycles. The summed E-state index contributed by atoms with van der Waals surface area (Å²) in [4.78, 5) is 6.40. The molecule has 0 radical (unpaired) electrons. The number of benzene rings is 2. The van der Waals surface area contributed by atoms with Crippen molar-refractivity contribution in [3.8, 4) is 5.75 Å². The minimum atomic E-state index is 0.0809.